The van der Waals surface area contributed by atoms with Gasteiger partial charge in [0.2, 0.25) is 0 Å². The normalized spacial score (nSPS) is 16.2. The first-order chi connectivity index (χ1) is 13.8. The van der Waals surface area contributed by atoms with E-state index < -0.39 is 60.9 Å². The molecule has 0 fully saturated rings. The molecular weight excluding hydrogens is 505 g/mol. The van der Waals surface area contributed by atoms with E-state index >= 15 is 0 Å². The van der Waals surface area contributed by atoms with Crippen LogP contribution in [0.2, 0.25) is 0 Å². The van der Waals surface area contributed by atoms with Crippen LogP contribution in [0.25, 0.3) is 0 Å². The van der Waals surface area contributed by atoms with Crippen molar-refractivity contribution in [2.24, 2.45) is 5.92 Å². The molecule has 0 aromatic heterocycles. The number of ether oxygens (including phenoxy) is 3. The Labute approximate surface area is 167 Å². The maximum absolute atomic E-state index is 13.2. The molecule has 0 N–H and O–H groups in total. The number of alkyl halides is 15. The molecule has 0 aliphatic carbocycles. The van der Waals surface area contributed by atoms with Crippen molar-refractivity contribution in [2.45, 2.75) is 62.7 Å². The SMILES string of the molecule is CCC(C)C(=O)OCC(F)(F)OC(F)(F)C(F)(F)OC(F)(F)C(F)(F)C(F)(F)C(F)(F)F. The lowest BCUT2D eigenvalue weighted by Crippen LogP contribution is -2.64. The van der Waals surface area contributed by atoms with Gasteiger partial charge < -0.3 is 4.74 Å². The molecule has 0 aliphatic rings. The Morgan fingerprint density at radius 1 is 0.688 bits per heavy atom. The van der Waals surface area contributed by atoms with Gasteiger partial charge in [0.15, 0.2) is 6.61 Å². The molecule has 0 rings (SSSR count). The average molecular weight is 516 g/mol. The minimum atomic E-state index is -7.92. The van der Waals surface area contributed by atoms with Crippen molar-refractivity contribution >= 4 is 5.97 Å². The van der Waals surface area contributed by atoms with Crippen molar-refractivity contribution in [2.75, 3.05) is 6.61 Å². The van der Waals surface area contributed by atoms with Crippen LogP contribution in [0.4, 0.5) is 65.9 Å². The topological polar surface area (TPSA) is 44.8 Å². The summed E-state index contributed by atoms with van der Waals surface area (Å²) in [6, 6.07) is 0. The van der Waals surface area contributed by atoms with E-state index in [1.54, 1.807) is 0 Å². The molecule has 4 nitrogen and oxygen atoms in total. The quantitative estimate of drug-likeness (QED) is 0.257. The summed E-state index contributed by atoms with van der Waals surface area (Å²) >= 11 is 0. The Morgan fingerprint density at radius 3 is 1.47 bits per heavy atom. The summed E-state index contributed by atoms with van der Waals surface area (Å²) in [5, 5.41) is 0. The number of carbonyl (C=O) groups is 1. The highest BCUT2D eigenvalue weighted by Crippen LogP contribution is 2.55. The third-order valence-corrected chi connectivity index (χ3v) is 3.39. The highest BCUT2D eigenvalue weighted by molar-refractivity contribution is 5.71. The van der Waals surface area contributed by atoms with E-state index in [0.29, 0.717) is 0 Å². The molecule has 0 heterocycles. The first-order valence-electron chi connectivity index (χ1n) is 7.68. The molecule has 1 unspecified atom stereocenters. The summed E-state index contributed by atoms with van der Waals surface area (Å²) in [6.45, 7) is -0.137. The third-order valence-electron chi connectivity index (χ3n) is 3.39. The molecule has 0 bridgehead atoms. The monoisotopic (exact) mass is 516 g/mol. The lowest BCUT2D eigenvalue weighted by Gasteiger charge is -2.36. The van der Waals surface area contributed by atoms with Crippen molar-refractivity contribution in [1.82, 2.24) is 0 Å². The van der Waals surface area contributed by atoms with Crippen LogP contribution in [-0.2, 0) is 19.0 Å². The Kier molecular flexibility index (Phi) is 8.48. The molecule has 0 aromatic rings. The molecule has 0 aromatic carbocycles. The van der Waals surface area contributed by atoms with Crippen LogP contribution >= 0.6 is 0 Å². The van der Waals surface area contributed by atoms with Crippen LogP contribution in [0.3, 0.4) is 0 Å². The van der Waals surface area contributed by atoms with Gasteiger partial charge in [-0.2, -0.15) is 65.9 Å². The van der Waals surface area contributed by atoms with Gasteiger partial charge in [0, 0.05) is 0 Å². The molecule has 0 radical (unpaired) electrons. The number of esters is 1. The van der Waals surface area contributed by atoms with Gasteiger partial charge in [-0.3, -0.25) is 4.79 Å². The highest BCUT2D eigenvalue weighted by atomic mass is 19.4. The summed E-state index contributed by atoms with van der Waals surface area (Å²) in [6.07, 6.45) is -35.3. The molecule has 1 atom stereocenters. The van der Waals surface area contributed by atoms with Crippen molar-refractivity contribution < 1.29 is 84.9 Å². The molecule has 0 saturated carbocycles. The van der Waals surface area contributed by atoms with E-state index in [1.807, 2.05) is 0 Å². The van der Waals surface area contributed by atoms with E-state index in [2.05, 4.69) is 9.47 Å². The van der Waals surface area contributed by atoms with Crippen molar-refractivity contribution in [3.63, 3.8) is 0 Å². The van der Waals surface area contributed by atoms with E-state index in [-0.39, 0.29) is 6.42 Å². The summed E-state index contributed by atoms with van der Waals surface area (Å²) in [5.74, 6) is -18.3. The Morgan fingerprint density at radius 2 is 1.09 bits per heavy atom. The maximum Gasteiger partial charge on any atom is 0.460 e. The average Bonchev–Trinajstić information content (AvgIpc) is 2.55. The predicted octanol–water partition coefficient (Wildman–Crippen LogP) is 5.81. The lowest BCUT2D eigenvalue weighted by molar-refractivity contribution is -0.542. The van der Waals surface area contributed by atoms with Crippen LogP contribution in [0, 0.1) is 5.92 Å². The van der Waals surface area contributed by atoms with E-state index in [1.165, 1.54) is 11.7 Å². The minimum Gasteiger partial charge on any atom is -0.456 e. The largest absolute Gasteiger partial charge is 0.460 e. The number of halogens is 15. The van der Waals surface area contributed by atoms with E-state index in [0.717, 1.165) is 6.92 Å². The third kappa shape index (κ3) is 6.22. The molecular formula is C13H11F15O4. The molecule has 0 amide bonds. The summed E-state index contributed by atoms with van der Waals surface area (Å²) in [5.41, 5.74) is 0. The fourth-order valence-corrected chi connectivity index (χ4v) is 1.39. The van der Waals surface area contributed by atoms with Gasteiger partial charge in [0.05, 0.1) is 5.92 Å². The number of hydrogen-bond donors (Lipinski definition) is 0. The van der Waals surface area contributed by atoms with Gasteiger partial charge in [-0.25, -0.2) is 9.47 Å². The Balaban J connectivity index is 5.68. The molecule has 19 heteroatoms. The molecule has 0 saturated heterocycles. The first-order valence-corrected chi connectivity index (χ1v) is 7.68. The van der Waals surface area contributed by atoms with Gasteiger partial charge in [0.1, 0.15) is 0 Å². The van der Waals surface area contributed by atoms with Crippen LogP contribution in [-0.4, -0.2) is 55.0 Å². The number of carbonyl (C=O) groups excluding carboxylic acids is 1. The molecule has 192 valence electrons. The lowest BCUT2D eigenvalue weighted by atomic mass is 10.1. The van der Waals surface area contributed by atoms with Crippen molar-refractivity contribution in [3.05, 3.63) is 0 Å². The Hall–Kier alpha value is -1.66. The fraction of sp³-hybridized carbons (Fsp3) is 0.923. The highest BCUT2D eigenvalue weighted by Gasteiger charge is 2.85. The van der Waals surface area contributed by atoms with Crippen LogP contribution in [0.1, 0.15) is 20.3 Å². The second kappa shape index (κ2) is 8.94. The zero-order valence-corrected chi connectivity index (χ0v) is 15.3. The standard InChI is InChI=1S/C13H11F15O4/c1-3-5(2)6(29)30-4-7(14,15)31-12(25,26)13(27,28)32-11(23,24)9(18,19)8(16,17)10(20,21)22/h5H,3-4H2,1-2H3. The van der Waals surface area contributed by atoms with Crippen LogP contribution in [0.15, 0.2) is 0 Å². The Bertz CT molecular complexity index is 658. The zero-order chi connectivity index (χ0) is 26.2. The number of hydrogen-bond acceptors (Lipinski definition) is 4. The van der Waals surface area contributed by atoms with Gasteiger partial charge >= 0.3 is 48.4 Å². The molecule has 0 spiro atoms. The van der Waals surface area contributed by atoms with Crippen molar-refractivity contribution in [3.8, 4) is 0 Å². The summed E-state index contributed by atoms with van der Waals surface area (Å²) in [7, 11) is 0. The van der Waals surface area contributed by atoms with Gasteiger partial charge in [-0.15, -0.1) is 0 Å². The van der Waals surface area contributed by atoms with Gasteiger partial charge in [-0.1, -0.05) is 13.8 Å². The zero-order valence-electron chi connectivity index (χ0n) is 15.3. The summed E-state index contributed by atoms with van der Waals surface area (Å²) < 4.78 is 199. The van der Waals surface area contributed by atoms with Gasteiger partial charge in [-0.05, 0) is 6.42 Å². The van der Waals surface area contributed by atoms with Crippen LogP contribution < -0.4 is 0 Å². The smallest absolute Gasteiger partial charge is 0.456 e. The van der Waals surface area contributed by atoms with Crippen LogP contribution in [0.5, 0.6) is 0 Å². The van der Waals surface area contributed by atoms with Crippen molar-refractivity contribution in [1.29, 1.82) is 0 Å². The maximum atomic E-state index is 13.2. The second-order valence-corrected chi connectivity index (χ2v) is 5.96. The predicted molar refractivity (Wildman–Crippen MR) is 68.3 cm³/mol. The van der Waals surface area contributed by atoms with E-state index in [4.69, 9.17) is 0 Å². The molecule has 0 aliphatic heterocycles. The summed E-state index contributed by atoms with van der Waals surface area (Å²) in [4.78, 5) is 11.1. The van der Waals surface area contributed by atoms with Gasteiger partial charge in [0.25, 0.3) is 0 Å². The van der Waals surface area contributed by atoms with E-state index in [9.17, 15) is 70.7 Å². The molecule has 32 heavy (non-hydrogen) atoms. The number of rotatable bonds is 11. The minimum absolute atomic E-state index is 0.0425. The fourth-order valence-electron chi connectivity index (χ4n) is 1.39. The second-order valence-electron chi connectivity index (χ2n) is 5.96. The first kappa shape index (κ1) is 30.3.